The second-order valence-corrected chi connectivity index (χ2v) is 4.24. The lowest BCUT2D eigenvalue weighted by Gasteiger charge is -2.21. The van der Waals surface area contributed by atoms with Crippen molar-refractivity contribution in [2.24, 2.45) is 0 Å². The lowest BCUT2D eigenvalue weighted by molar-refractivity contribution is -0.133. The van der Waals surface area contributed by atoms with Crippen LogP contribution in [0.4, 0.5) is 0 Å². The molecule has 0 saturated carbocycles. The molecule has 0 aromatic heterocycles. The minimum absolute atomic E-state index is 0.0382. The van der Waals surface area contributed by atoms with Crippen LogP contribution in [-0.2, 0) is 9.59 Å². The SMILES string of the molecule is CC(=O)CC(=O)N(C)CCN1CCCC1. The van der Waals surface area contributed by atoms with Gasteiger partial charge >= 0.3 is 0 Å². The molecule has 0 spiro atoms. The van der Waals surface area contributed by atoms with E-state index in [-0.39, 0.29) is 18.1 Å². The van der Waals surface area contributed by atoms with Gasteiger partial charge in [0.25, 0.3) is 0 Å². The second kappa shape index (κ2) is 5.85. The summed E-state index contributed by atoms with van der Waals surface area (Å²) in [5.74, 6) is -0.130. The van der Waals surface area contributed by atoms with Gasteiger partial charge in [-0.1, -0.05) is 0 Å². The van der Waals surface area contributed by atoms with Gasteiger partial charge in [0.05, 0.1) is 6.42 Å². The maximum absolute atomic E-state index is 11.4. The van der Waals surface area contributed by atoms with Gasteiger partial charge < -0.3 is 9.80 Å². The fraction of sp³-hybridized carbons (Fsp3) is 0.818. The molecule has 0 radical (unpaired) electrons. The highest BCUT2D eigenvalue weighted by Gasteiger charge is 2.14. The molecule has 86 valence electrons. The standard InChI is InChI=1S/C11H20N2O2/c1-10(14)9-11(15)12(2)7-8-13-5-3-4-6-13/h3-9H2,1-2H3. The van der Waals surface area contributed by atoms with Gasteiger partial charge in [0.15, 0.2) is 0 Å². The third-order valence-corrected chi connectivity index (χ3v) is 2.78. The molecule has 0 atom stereocenters. The average molecular weight is 212 g/mol. The van der Waals surface area contributed by atoms with Gasteiger partial charge in [-0.15, -0.1) is 0 Å². The summed E-state index contributed by atoms with van der Waals surface area (Å²) >= 11 is 0. The lowest BCUT2D eigenvalue weighted by atomic mass is 10.3. The first-order valence-electron chi connectivity index (χ1n) is 5.55. The number of amides is 1. The minimum Gasteiger partial charge on any atom is -0.344 e. The predicted molar refractivity (Wildman–Crippen MR) is 58.6 cm³/mol. The van der Waals surface area contributed by atoms with Gasteiger partial charge in [0, 0.05) is 20.1 Å². The van der Waals surface area contributed by atoms with Crippen LogP contribution < -0.4 is 0 Å². The van der Waals surface area contributed by atoms with Gasteiger partial charge in [-0.25, -0.2) is 0 Å². The first kappa shape index (κ1) is 12.2. The van der Waals surface area contributed by atoms with Crippen LogP contribution >= 0.6 is 0 Å². The van der Waals surface area contributed by atoms with Crippen molar-refractivity contribution in [1.82, 2.24) is 9.80 Å². The Hall–Kier alpha value is -0.900. The van der Waals surface area contributed by atoms with E-state index in [1.54, 1.807) is 11.9 Å². The van der Waals surface area contributed by atoms with Gasteiger partial charge in [0.2, 0.25) is 5.91 Å². The second-order valence-electron chi connectivity index (χ2n) is 4.24. The molecule has 15 heavy (non-hydrogen) atoms. The van der Waals surface area contributed by atoms with E-state index in [4.69, 9.17) is 0 Å². The van der Waals surface area contributed by atoms with Gasteiger partial charge in [0.1, 0.15) is 5.78 Å². The van der Waals surface area contributed by atoms with Crippen LogP contribution in [0.15, 0.2) is 0 Å². The molecule has 0 bridgehead atoms. The number of Topliss-reactive ketones (excluding diaryl/α,β-unsaturated/α-hetero) is 1. The summed E-state index contributed by atoms with van der Waals surface area (Å²) in [6.45, 7) is 5.40. The monoisotopic (exact) mass is 212 g/mol. The van der Waals surface area contributed by atoms with Crippen LogP contribution in [-0.4, -0.2) is 54.7 Å². The van der Waals surface area contributed by atoms with E-state index < -0.39 is 0 Å². The van der Waals surface area contributed by atoms with Crippen LogP contribution in [0.3, 0.4) is 0 Å². The Bertz CT molecular complexity index is 235. The fourth-order valence-corrected chi connectivity index (χ4v) is 1.77. The number of rotatable bonds is 5. The quantitative estimate of drug-likeness (QED) is 0.624. The highest BCUT2D eigenvalue weighted by molar-refractivity contribution is 5.96. The molecule has 1 rings (SSSR count). The summed E-state index contributed by atoms with van der Waals surface area (Å²) in [5, 5.41) is 0. The molecule has 1 fully saturated rings. The number of hydrogen-bond donors (Lipinski definition) is 0. The molecule has 4 heteroatoms. The smallest absolute Gasteiger partial charge is 0.229 e. The van der Waals surface area contributed by atoms with Crippen molar-refractivity contribution >= 4 is 11.7 Å². The number of ketones is 1. The lowest BCUT2D eigenvalue weighted by Crippen LogP contribution is -2.35. The molecule has 0 aliphatic carbocycles. The molecular weight excluding hydrogens is 192 g/mol. The van der Waals surface area contributed by atoms with Crippen molar-refractivity contribution in [3.63, 3.8) is 0 Å². The van der Waals surface area contributed by atoms with E-state index >= 15 is 0 Å². The van der Waals surface area contributed by atoms with Crippen molar-refractivity contribution in [1.29, 1.82) is 0 Å². The first-order chi connectivity index (χ1) is 7.09. The molecule has 0 N–H and O–H groups in total. The van der Waals surface area contributed by atoms with Crippen molar-refractivity contribution in [3.8, 4) is 0 Å². The summed E-state index contributed by atoms with van der Waals surface area (Å²) in [6, 6.07) is 0. The molecule has 0 aromatic carbocycles. The van der Waals surface area contributed by atoms with Crippen molar-refractivity contribution < 1.29 is 9.59 Å². The summed E-state index contributed by atoms with van der Waals surface area (Å²) < 4.78 is 0. The largest absolute Gasteiger partial charge is 0.344 e. The molecule has 1 aliphatic rings. The molecular formula is C11H20N2O2. The number of likely N-dealkylation sites (N-methyl/N-ethyl adjacent to an activating group) is 1. The Labute approximate surface area is 91.2 Å². The van der Waals surface area contributed by atoms with Crippen LogP contribution in [0, 0.1) is 0 Å². The highest BCUT2D eigenvalue weighted by Crippen LogP contribution is 2.06. The van der Waals surface area contributed by atoms with Crippen LogP contribution in [0.2, 0.25) is 0 Å². The number of carbonyl (C=O) groups is 2. The van der Waals surface area contributed by atoms with Crippen molar-refractivity contribution in [2.45, 2.75) is 26.2 Å². The Morgan fingerprint density at radius 2 is 1.87 bits per heavy atom. The van der Waals surface area contributed by atoms with Crippen molar-refractivity contribution in [3.05, 3.63) is 0 Å². The third kappa shape index (κ3) is 4.42. The number of likely N-dealkylation sites (tertiary alicyclic amines) is 1. The maximum atomic E-state index is 11.4. The van der Waals surface area contributed by atoms with E-state index in [1.165, 1.54) is 19.8 Å². The van der Waals surface area contributed by atoms with Crippen LogP contribution in [0.1, 0.15) is 26.2 Å². The molecule has 1 aliphatic heterocycles. The Kier molecular flexibility index (Phi) is 4.75. The number of nitrogens with zero attached hydrogens (tertiary/aromatic N) is 2. The van der Waals surface area contributed by atoms with Gasteiger partial charge in [-0.2, -0.15) is 0 Å². The van der Waals surface area contributed by atoms with E-state index in [9.17, 15) is 9.59 Å². The predicted octanol–water partition coefficient (Wildman–Crippen LogP) is 0.520. The third-order valence-electron chi connectivity index (χ3n) is 2.78. The maximum Gasteiger partial charge on any atom is 0.229 e. The molecule has 1 saturated heterocycles. The Morgan fingerprint density at radius 1 is 1.27 bits per heavy atom. The summed E-state index contributed by atoms with van der Waals surface area (Å²) in [6.07, 6.45) is 2.58. The highest BCUT2D eigenvalue weighted by atomic mass is 16.2. The van der Waals surface area contributed by atoms with Crippen molar-refractivity contribution in [2.75, 3.05) is 33.2 Å². The molecule has 1 heterocycles. The summed E-state index contributed by atoms with van der Waals surface area (Å²) in [4.78, 5) is 26.2. The fourth-order valence-electron chi connectivity index (χ4n) is 1.77. The zero-order chi connectivity index (χ0) is 11.3. The van der Waals surface area contributed by atoms with Crippen LogP contribution in [0.25, 0.3) is 0 Å². The van der Waals surface area contributed by atoms with Gasteiger partial charge in [-0.05, 0) is 32.9 Å². The summed E-state index contributed by atoms with van der Waals surface area (Å²) in [5.41, 5.74) is 0. The average Bonchev–Trinajstić information content (AvgIpc) is 2.65. The van der Waals surface area contributed by atoms with E-state index in [1.807, 2.05) is 0 Å². The van der Waals surface area contributed by atoms with Crippen LogP contribution in [0.5, 0.6) is 0 Å². The normalized spacial score (nSPS) is 16.7. The van der Waals surface area contributed by atoms with E-state index in [2.05, 4.69) is 4.90 Å². The zero-order valence-corrected chi connectivity index (χ0v) is 9.66. The topological polar surface area (TPSA) is 40.6 Å². The number of carbonyl (C=O) groups excluding carboxylic acids is 2. The van der Waals surface area contributed by atoms with Gasteiger partial charge in [-0.3, -0.25) is 9.59 Å². The Balaban J connectivity index is 2.19. The number of hydrogen-bond acceptors (Lipinski definition) is 3. The first-order valence-corrected chi connectivity index (χ1v) is 5.55. The minimum atomic E-state index is -0.0679. The van der Waals surface area contributed by atoms with E-state index in [0.717, 1.165) is 26.2 Å². The molecule has 4 nitrogen and oxygen atoms in total. The molecule has 0 unspecified atom stereocenters. The zero-order valence-electron chi connectivity index (χ0n) is 9.66. The Morgan fingerprint density at radius 3 is 2.40 bits per heavy atom. The molecule has 0 aromatic rings. The van der Waals surface area contributed by atoms with E-state index in [0.29, 0.717) is 0 Å². The molecule has 1 amide bonds. The summed E-state index contributed by atoms with van der Waals surface area (Å²) in [7, 11) is 1.77.